The van der Waals surface area contributed by atoms with Crippen LogP contribution in [0.1, 0.15) is 37.1 Å². The summed E-state index contributed by atoms with van der Waals surface area (Å²) in [6, 6.07) is -0.0461. The Morgan fingerprint density at radius 3 is 2.63 bits per heavy atom. The van der Waals surface area contributed by atoms with E-state index in [1.165, 1.54) is 11.3 Å². The van der Waals surface area contributed by atoms with E-state index in [-0.39, 0.29) is 24.4 Å². The van der Waals surface area contributed by atoms with Gasteiger partial charge < -0.3 is 15.7 Å². The highest BCUT2D eigenvalue weighted by atomic mass is 32.1. The second-order valence-electron chi connectivity index (χ2n) is 5.10. The molecule has 0 aliphatic heterocycles. The van der Waals surface area contributed by atoms with Crippen molar-refractivity contribution < 1.29 is 9.90 Å². The smallest absolute Gasteiger partial charge is 0.236 e. The van der Waals surface area contributed by atoms with Gasteiger partial charge in [0.05, 0.1) is 6.54 Å². The van der Waals surface area contributed by atoms with Crippen LogP contribution in [0.25, 0.3) is 0 Å². The van der Waals surface area contributed by atoms with Gasteiger partial charge in [0.25, 0.3) is 0 Å². The molecular weight excluding hydrogens is 262 g/mol. The molecule has 0 aliphatic carbocycles. The van der Waals surface area contributed by atoms with Crippen molar-refractivity contribution in [3.8, 4) is 0 Å². The van der Waals surface area contributed by atoms with Crippen LogP contribution < -0.4 is 5.73 Å². The molecule has 3 N–H and O–H groups in total. The molecule has 2 atom stereocenters. The number of rotatable bonds is 6. The number of nitrogens with two attached hydrogens (primary N) is 1. The first-order valence-electron chi connectivity index (χ1n) is 6.42. The van der Waals surface area contributed by atoms with E-state index in [1.807, 2.05) is 26.2 Å². The maximum Gasteiger partial charge on any atom is 0.236 e. The van der Waals surface area contributed by atoms with Crippen LogP contribution in [0.4, 0.5) is 0 Å². The Hall–Kier alpha value is -0.980. The molecule has 0 saturated carbocycles. The highest BCUT2D eigenvalue weighted by Crippen LogP contribution is 2.26. The molecule has 0 spiro atoms. The number of aryl methyl sites for hydroxylation is 1. The molecule has 19 heavy (non-hydrogen) atoms. The van der Waals surface area contributed by atoms with Crippen LogP contribution in [0.3, 0.4) is 0 Å². The summed E-state index contributed by atoms with van der Waals surface area (Å²) < 4.78 is 0. The number of aliphatic hydroxyl groups is 1. The molecule has 2 unspecified atom stereocenters. The summed E-state index contributed by atoms with van der Waals surface area (Å²) in [7, 11) is 1.74. The Bertz CT molecular complexity index is 420. The number of carbonyl (C=O) groups excluding carboxylic acids is 1. The Morgan fingerprint density at radius 1 is 1.58 bits per heavy atom. The number of aromatic nitrogens is 1. The van der Waals surface area contributed by atoms with Gasteiger partial charge in [-0.2, -0.15) is 0 Å². The van der Waals surface area contributed by atoms with Crippen molar-refractivity contribution in [1.82, 2.24) is 9.88 Å². The molecular formula is C13H23N3O2S. The molecule has 0 fully saturated rings. The third-order valence-corrected chi connectivity index (χ3v) is 4.29. The number of thiazole rings is 1. The molecule has 1 rings (SSSR count). The van der Waals surface area contributed by atoms with Gasteiger partial charge in [-0.1, -0.05) is 13.8 Å². The van der Waals surface area contributed by atoms with Gasteiger partial charge >= 0.3 is 0 Å². The molecule has 0 radical (unpaired) electrons. The Balaban J connectivity index is 2.76. The standard InChI is InChI=1S/C13H23N3O2S/c1-8(2)10(16(4)12(18)6-14)5-11(17)13-15-9(3)7-19-13/h7-8,10-11,17H,5-6,14H2,1-4H3. The van der Waals surface area contributed by atoms with Gasteiger partial charge in [0, 0.05) is 30.6 Å². The van der Waals surface area contributed by atoms with Crippen LogP contribution in [0.2, 0.25) is 0 Å². The van der Waals surface area contributed by atoms with Gasteiger partial charge in [0.2, 0.25) is 5.91 Å². The molecule has 0 aliphatic rings. The first kappa shape index (κ1) is 16.1. The maximum absolute atomic E-state index is 11.7. The van der Waals surface area contributed by atoms with E-state index >= 15 is 0 Å². The zero-order valence-electron chi connectivity index (χ0n) is 12.0. The molecule has 0 aromatic carbocycles. The summed E-state index contributed by atoms with van der Waals surface area (Å²) >= 11 is 1.45. The minimum atomic E-state index is -0.640. The molecule has 1 aromatic rings. The van der Waals surface area contributed by atoms with Gasteiger partial charge in [-0.05, 0) is 12.8 Å². The number of aliphatic hydroxyl groups excluding tert-OH is 1. The Kier molecular flexibility index (Phi) is 5.90. The van der Waals surface area contributed by atoms with Crippen LogP contribution in [-0.2, 0) is 4.79 Å². The fourth-order valence-corrected chi connectivity index (χ4v) is 2.86. The summed E-state index contributed by atoms with van der Waals surface area (Å²) in [6.07, 6.45) is -0.161. The summed E-state index contributed by atoms with van der Waals surface area (Å²) in [6.45, 7) is 5.96. The largest absolute Gasteiger partial charge is 0.386 e. The van der Waals surface area contributed by atoms with Crippen LogP contribution in [-0.4, -0.2) is 40.5 Å². The number of carbonyl (C=O) groups is 1. The predicted octanol–water partition coefficient (Wildman–Crippen LogP) is 1.32. The van der Waals surface area contributed by atoms with Crippen molar-refractivity contribution in [2.75, 3.05) is 13.6 Å². The lowest BCUT2D eigenvalue weighted by Crippen LogP contribution is -2.44. The Morgan fingerprint density at radius 2 is 2.21 bits per heavy atom. The van der Waals surface area contributed by atoms with Crippen molar-refractivity contribution in [1.29, 1.82) is 0 Å². The normalized spacial score (nSPS) is 14.5. The zero-order chi connectivity index (χ0) is 14.6. The van der Waals surface area contributed by atoms with E-state index in [9.17, 15) is 9.90 Å². The van der Waals surface area contributed by atoms with E-state index < -0.39 is 6.10 Å². The van der Waals surface area contributed by atoms with Crippen LogP contribution >= 0.6 is 11.3 Å². The topological polar surface area (TPSA) is 79.5 Å². The first-order valence-corrected chi connectivity index (χ1v) is 7.30. The lowest BCUT2D eigenvalue weighted by molar-refractivity contribution is -0.132. The quantitative estimate of drug-likeness (QED) is 0.826. The second-order valence-corrected chi connectivity index (χ2v) is 5.99. The van der Waals surface area contributed by atoms with Crippen molar-refractivity contribution in [3.63, 3.8) is 0 Å². The minimum absolute atomic E-state index is 0.00776. The third kappa shape index (κ3) is 4.26. The lowest BCUT2D eigenvalue weighted by atomic mass is 9.96. The molecule has 108 valence electrons. The highest BCUT2D eigenvalue weighted by Gasteiger charge is 2.26. The molecule has 6 heteroatoms. The van der Waals surface area contributed by atoms with Crippen LogP contribution in [0, 0.1) is 12.8 Å². The summed E-state index contributed by atoms with van der Waals surface area (Å²) in [4.78, 5) is 17.6. The number of likely N-dealkylation sites (N-methyl/N-ethyl adjacent to an activating group) is 1. The molecule has 1 aromatic heterocycles. The Labute approximate surface area is 118 Å². The van der Waals surface area contributed by atoms with Gasteiger partial charge in [0.15, 0.2) is 0 Å². The molecule has 0 saturated heterocycles. The fraction of sp³-hybridized carbons (Fsp3) is 0.692. The monoisotopic (exact) mass is 285 g/mol. The van der Waals surface area contributed by atoms with Crippen molar-refractivity contribution in [2.45, 2.75) is 39.3 Å². The maximum atomic E-state index is 11.7. The molecule has 5 nitrogen and oxygen atoms in total. The first-order chi connectivity index (χ1) is 8.86. The summed E-state index contributed by atoms with van der Waals surface area (Å²) in [5, 5.41) is 12.9. The fourth-order valence-electron chi connectivity index (χ4n) is 2.06. The molecule has 1 amide bonds. The van der Waals surface area contributed by atoms with E-state index in [0.29, 0.717) is 11.4 Å². The number of nitrogens with zero attached hydrogens (tertiary/aromatic N) is 2. The highest BCUT2D eigenvalue weighted by molar-refractivity contribution is 7.09. The number of hydrogen-bond acceptors (Lipinski definition) is 5. The van der Waals surface area contributed by atoms with Crippen molar-refractivity contribution in [2.24, 2.45) is 11.7 Å². The number of amides is 1. The van der Waals surface area contributed by atoms with Gasteiger partial charge in [-0.3, -0.25) is 4.79 Å². The van der Waals surface area contributed by atoms with E-state index in [4.69, 9.17) is 5.73 Å². The summed E-state index contributed by atoms with van der Waals surface area (Å²) in [5.41, 5.74) is 6.30. The van der Waals surface area contributed by atoms with Gasteiger partial charge in [0.1, 0.15) is 11.1 Å². The predicted molar refractivity (Wildman–Crippen MR) is 76.9 cm³/mol. The van der Waals surface area contributed by atoms with Gasteiger partial charge in [-0.15, -0.1) is 11.3 Å². The van der Waals surface area contributed by atoms with Crippen LogP contribution in [0.5, 0.6) is 0 Å². The average molecular weight is 285 g/mol. The average Bonchev–Trinajstić information content (AvgIpc) is 2.80. The van der Waals surface area contributed by atoms with Crippen molar-refractivity contribution in [3.05, 3.63) is 16.1 Å². The zero-order valence-corrected chi connectivity index (χ0v) is 12.8. The number of hydrogen-bond donors (Lipinski definition) is 2. The van der Waals surface area contributed by atoms with E-state index in [1.54, 1.807) is 11.9 Å². The second kappa shape index (κ2) is 6.98. The molecule has 0 bridgehead atoms. The van der Waals surface area contributed by atoms with Gasteiger partial charge in [-0.25, -0.2) is 4.98 Å². The van der Waals surface area contributed by atoms with Crippen molar-refractivity contribution >= 4 is 17.2 Å². The molecule has 1 heterocycles. The van der Waals surface area contributed by atoms with E-state index in [2.05, 4.69) is 4.98 Å². The SMILES string of the molecule is Cc1csc(C(O)CC(C(C)C)N(C)C(=O)CN)n1. The lowest BCUT2D eigenvalue weighted by Gasteiger charge is -2.32. The minimum Gasteiger partial charge on any atom is -0.386 e. The summed E-state index contributed by atoms with van der Waals surface area (Å²) in [5.74, 6) is 0.137. The third-order valence-electron chi connectivity index (χ3n) is 3.22. The van der Waals surface area contributed by atoms with E-state index in [0.717, 1.165) is 5.69 Å². The van der Waals surface area contributed by atoms with Crippen LogP contribution in [0.15, 0.2) is 5.38 Å².